The Morgan fingerprint density at radius 3 is 2.44 bits per heavy atom. The van der Waals surface area contributed by atoms with Crippen LogP contribution in [0.25, 0.3) is 0 Å². The van der Waals surface area contributed by atoms with Gasteiger partial charge in [0.1, 0.15) is 0 Å². The van der Waals surface area contributed by atoms with E-state index in [4.69, 9.17) is 5.84 Å². The van der Waals surface area contributed by atoms with Crippen LogP contribution in [0.2, 0.25) is 0 Å². The van der Waals surface area contributed by atoms with Gasteiger partial charge >= 0.3 is 0 Å². The van der Waals surface area contributed by atoms with Crippen LogP contribution in [0.5, 0.6) is 0 Å². The van der Waals surface area contributed by atoms with Gasteiger partial charge in [0.15, 0.2) is 0 Å². The van der Waals surface area contributed by atoms with Crippen LogP contribution in [0.3, 0.4) is 0 Å². The summed E-state index contributed by atoms with van der Waals surface area (Å²) >= 11 is 8.75. The minimum absolute atomic E-state index is 0.00458. The highest BCUT2D eigenvalue weighted by molar-refractivity contribution is 9.10. The second kappa shape index (κ2) is 5.42. The first-order chi connectivity index (χ1) is 7.74. The summed E-state index contributed by atoms with van der Waals surface area (Å²) in [5.41, 5.74) is 3.99. The van der Waals surface area contributed by atoms with E-state index in [0.29, 0.717) is 0 Å². The van der Waals surface area contributed by atoms with Crippen molar-refractivity contribution in [2.24, 2.45) is 5.84 Å². The van der Waals surface area contributed by atoms with E-state index in [1.54, 1.807) is 11.3 Å². The monoisotopic (exact) mass is 360 g/mol. The zero-order valence-corrected chi connectivity index (χ0v) is 12.3. The average molecular weight is 362 g/mol. The molecule has 1 aromatic carbocycles. The molecule has 0 aliphatic carbocycles. The molecule has 0 bridgehead atoms. The Kier molecular flexibility index (Phi) is 4.16. The van der Waals surface area contributed by atoms with Crippen molar-refractivity contribution < 1.29 is 0 Å². The highest BCUT2D eigenvalue weighted by atomic mass is 79.9. The molecular weight excluding hydrogens is 352 g/mol. The van der Waals surface area contributed by atoms with Gasteiger partial charge in [-0.25, -0.2) is 5.43 Å². The molecule has 0 radical (unpaired) electrons. The lowest BCUT2D eigenvalue weighted by atomic mass is 10.1. The second-order valence-corrected chi connectivity index (χ2v) is 5.91. The summed E-state index contributed by atoms with van der Waals surface area (Å²) in [6.07, 6.45) is 0. The fraction of sp³-hybridized carbons (Fsp3) is 0.0909. The predicted molar refractivity (Wildman–Crippen MR) is 75.3 cm³/mol. The summed E-state index contributed by atoms with van der Waals surface area (Å²) in [5, 5.41) is 2.04. The molecule has 1 aromatic heterocycles. The lowest BCUT2D eigenvalue weighted by Crippen LogP contribution is -2.28. The molecule has 2 nitrogen and oxygen atoms in total. The second-order valence-electron chi connectivity index (χ2n) is 3.25. The van der Waals surface area contributed by atoms with Crippen LogP contribution >= 0.6 is 43.2 Å². The Morgan fingerprint density at radius 2 is 1.88 bits per heavy atom. The van der Waals surface area contributed by atoms with E-state index in [0.717, 1.165) is 14.5 Å². The number of rotatable bonds is 3. The summed E-state index contributed by atoms with van der Waals surface area (Å²) in [7, 11) is 0. The molecule has 2 aromatic rings. The maximum Gasteiger partial charge on any atom is 0.0824 e. The molecule has 16 heavy (non-hydrogen) atoms. The molecule has 2 rings (SSSR count). The van der Waals surface area contributed by atoms with Gasteiger partial charge in [-0.1, -0.05) is 34.1 Å². The summed E-state index contributed by atoms with van der Waals surface area (Å²) in [4.78, 5) is 1.18. The first-order valence-electron chi connectivity index (χ1n) is 4.67. The molecule has 0 spiro atoms. The van der Waals surface area contributed by atoms with E-state index >= 15 is 0 Å². The quantitative estimate of drug-likeness (QED) is 0.644. The van der Waals surface area contributed by atoms with Gasteiger partial charge in [0.05, 0.1) is 6.04 Å². The fourth-order valence-corrected chi connectivity index (χ4v) is 3.72. The molecule has 0 saturated carbocycles. The molecule has 0 amide bonds. The summed E-state index contributed by atoms with van der Waals surface area (Å²) in [6, 6.07) is 10.1. The van der Waals surface area contributed by atoms with Gasteiger partial charge in [-0.15, -0.1) is 11.3 Å². The molecule has 0 aliphatic rings. The van der Waals surface area contributed by atoms with Crippen molar-refractivity contribution in [2.75, 3.05) is 0 Å². The van der Waals surface area contributed by atoms with Gasteiger partial charge in [-0.2, -0.15) is 0 Å². The Bertz CT molecular complexity index is 484. The topological polar surface area (TPSA) is 38.0 Å². The third kappa shape index (κ3) is 2.38. The summed E-state index contributed by atoms with van der Waals surface area (Å²) in [5.74, 6) is 5.65. The fourth-order valence-electron chi connectivity index (χ4n) is 1.53. The van der Waals surface area contributed by atoms with Crippen molar-refractivity contribution in [3.8, 4) is 0 Å². The van der Waals surface area contributed by atoms with Crippen LogP contribution in [0, 0.1) is 0 Å². The van der Waals surface area contributed by atoms with E-state index < -0.39 is 0 Å². The molecule has 1 atom stereocenters. The zero-order valence-electron chi connectivity index (χ0n) is 8.28. The van der Waals surface area contributed by atoms with Crippen LogP contribution in [-0.2, 0) is 0 Å². The van der Waals surface area contributed by atoms with Gasteiger partial charge in [-0.3, -0.25) is 5.84 Å². The van der Waals surface area contributed by atoms with Crippen molar-refractivity contribution >= 4 is 43.2 Å². The van der Waals surface area contributed by atoms with Gasteiger partial charge in [0.25, 0.3) is 0 Å². The van der Waals surface area contributed by atoms with Crippen molar-refractivity contribution in [1.29, 1.82) is 0 Å². The van der Waals surface area contributed by atoms with E-state index in [-0.39, 0.29) is 6.04 Å². The van der Waals surface area contributed by atoms with Gasteiger partial charge in [0, 0.05) is 13.8 Å². The van der Waals surface area contributed by atoms with Gasteiger partial charge in [0.2, 0.25) is 0 Å². The van der Waals surface area contributed by atoms with Crippen molar-refractivity contribution in [3.63, 3.8) is 0 Å². The molecule has 3 N–H and O–H groups in total. The van der Waals surface area contributed by atoms with Gasteiger partial charge in [-0.05, 0) is 39.0 Å². The molecular formula is C11H10Br2N2S. The van der Waals surface area contributed by atoms with Gasteiger partial charge < -0.3 is 0 Å². The Hall–Kier alpha value is -0.200. The standard InChI is InChI=1S/C11H10Br2N2S/c12-8-4-2-1-3-7(8)10(15-14)11-9(13)5-6-16-11/h1-6,10,15H,14H2. The molecule has 0 aliphatic heterocycles. The summed E-state index contributed by atoms with van der Waals surface area (Å²) < 4.78 is 2.13. The highest BCUT2D eigenvalue weighted by Crippen LogP contribution is 2.35. The molecule has 1 heterocycles. The third-order valence-corrected chi connectivity index (χ3v) is 4.95. The van der Waals surface area contributed by atoms with Crippen molar-refractivity contribution in [1.82, 2.24) is 5.43 Å². The molecule has 1 unspecified atom stereocenters. The number of hydrazine groups is 1. The Labute approximate surface area is 115 Å². The van der Waals surface area contributed by atoms with Crippen molar-refractivity contribution in [2.45, 2.75) is 6.04 Å². The number of thiophene rings is 1. The first-order valence-corrected chi connectivity index (χ1v) is 7.14. The minimum Gasteiger partial charge on any atom is -0.271 e. The maximum absolute atomic E-state index is 5.65. The molecule has 5 heteroatoms. The number of nitrogens with one attached hydrogen (secondary N) is 1. The molecule has 0 fully saturated rings. The Morgan fingerprint density at radius 1 is 1.12 bits per heavy atom. The first kappa shape index (κ1) is 12.3. The predicted octanol–water partition coefficient (Wildman–Crippen LogP) is 3.83. The van der Waals surface area contributed by atoms with E-state index in [2.05, 4.69) is 43.4 Å². The van der Waals surface area contributed by atoms with Crippen LogP contribution < -0.4 is 11.3 Å². The number of hydrogen-bond acceptors (Lipinski definition) is 3. The van der Waals surface area contributed by atoms with E-state index in [1.165, 1.54) is 4.88 Å². The number of benzene rings is 1. The normalized spacial score (nSPS) is 12.7. The van der Waals surface area contributed by atoms with Crippen LogP contribution in [-0.4, -0.2) is 0 Å². The zero-order chi connectivity index (χ0) is 11.5. The average Bonchev–Trinajstić information content (AvgIpc) is 2.69. The number of halogens is 2. The third-order valence-electron chi connectivity index (χ3n) is 2.29. The summed E-state index contributed by atoms with van der Waals surface area (Å²) in [6.45, 7) is 0. The lowest BCUT2D eigenvalue weighted by Gasteiger charge is -2.17. The molecule has 0 saturated heterocycles. The number of nitrogens with two attached hydrogens (primary N) is 1. The molecule has 84 valence electrons. The SMILES string of the molecule is NNC(c1ccccc1Br)c1sccc1Br. The number of hydrogen-bond donors (Lipinski definition) is 2. The van der Waals surface area contributed by atoms with E-state index in [1.807, 2.05) is 29.6 Å². The highest BCUT2D eigenvalue weighted by Gasteiger charge is 2.18. The van der Waals surface area contributed by atoms with E-state index in [9.17, 15) is 0 Å². The lowest BCUT2D eigenvalue weighted by molar-refractivity contribution is 0.642. The maximum atomic E-state index is 5.65. The Balaban J connectivity index is 2.45. The van der Waals surface area contributed by atoms with Crippen molar-refractivity contribution in [3.05, 3.63) is 55.1 Å². The largest absolute Gasteiger partial charge is 0.271 e. The van der Waals surface area contributed by atoms with Crippen LogP contribution in [0.4, 0.5) is 0 Å². The van der Waals surface area contributed by atoms with Crippen LogP contribution in [0.1, 0.15) is 16.5 Å². The van der Waals surface area contributed by atoms with Crippen LogP contribution in [0.15, 0.2) is 44.7 Å². The minimum atomic E-state index is 0.00458. The smallest absolute Gasteiger partial charge is 0.0824 e.